The van der Waals surface area contributed by atoms with Crippen LogP contribution in [0.15, 0.2) is 66.7 Å². The van der Waals surface area contributed by atoms with Gasteiger partial charge in [0.05, 0.1) is 6.61 Å². The summed E-state index contributed by atoms with van der Waals surface area (Å²) in [5.74, 6) is 0.749. The van der Waals surface area contributed by atoms with Gasteiger partial charge in [0.2, 0.25) is 5.91 Å². The van der Waals surface area contributed by atoms with E-state index in [-0.39, 0.29) is 11.7 Å². The van der Waals surface area contributed by atoms with Gasteiger partial charge in [-0.1, -0.05) is 42.5 Å². The highest BCUT2D eigenvalue weighted by Gasteiger charge is 2.05. The zero-order valence-corrected chi connectivity index (χ0v) is 15.4. The molecule has 3 rings (SSSR count). The van der Waals surface area contributed by atoms with Crippen LogP contribution in [-0.2, 0) is 11.3 Å². The summed E-state index contributed by atoms with van der Waals surface area (Å²) < 4.78 is 5.62. The molecule has 0 spiro atoms. The number of carbonyl (C=O) groups excluding carboxylic acids is 2. The summed E-state index contributed by atoms with van der Waals surface area (Å²) in [6, 6.07) is 21.3. The molecule has 0 aliphatic carbocycles. The predicted octanol–water partition coefficient (Wildman–Crippen LogP) is 4.52. The second-order valence-electron chi connectivity index (χ2n) is 6.45. The van der Waals surface area contributed by atoms with Crippen molar-refractivity contribution >= 4 is 22.5 Å². The maximum absolute atomic E-state index is 12.1. The van der Waals surface area contributed by atoms with Crippen LogP contribution in [0, 0.1) is 0 Å². The highest BCUT2D eigenvalue weighted by molar-refractivity contribution is 5.94. The minimum absolute atomic E-state index is 0.0125. The van der Waals surface area contributed by atoms with E-state index in [1.54, 1.807) is 24.3 Å². The Morgan fingerprint density at radius 3 is 2.44 bits per heavy atom. The molecule has 0 saturated heterocycles. The lowest BCUT2D eigenvalue weighted by atomic mass is 10.0. The zero-order chi connectivity index (χ0) is 19.1. The topological polar surface area (TPSA) is 55.4 Å². The Morgan fingerprint density at radius 2 is 1.67 bits per heavy atom. The van der Waals surface area contributed by atoms with Crippen molar-refractivity contribution in [3.05, 3.63) is 77.9 Å². The third kappa shape index (κ3) is 5.17. The SMILES string of the molecule is CC(=O)c1ccc(OCCCC(=O)NCc2cccc3ccccc23)cc1. The molecule has 0 bridgehead atoms. The molecule has 27 heavy (non-hydrogen) atoms. The molecule has 0 saturated carbocycles. The molecule has 1 N–H and O–H groups in total. The van der Waals surface area contributed by atoms with Gasteiger partial charge < -0.3 is 10.1 Å². The number of ketones is 1. The van der Waals surface area contributed by atoms with Gasteiger partial charge in [0.1, 0.15) is 5.75 Å². The quantitative estimate of drug-likeness (QED) is 0.474. The highest BCUT2D eigenvalue weighted by atomic mass is 16.5. The van der Waals surface area contributed by atoms with Gasteiger partial charge in [-0.05, 0) is 53.9 Å². The number of carbonyl (C=O) groups is 2. The van der Waals surface area contributed by atoms with Crippen molar-refractivity contribution in [3.63, 3.8) is 0 Å². The molecule has 0 unspecified atom stereocenters. The van der Waals surface area contributed by atoms with Gasteiger partial charge >= 0.3 is 0 Å². The monoisotopic (exact) mass is 361 g/mol. The second-order valence-corrected chi connectivity index (χ2v) is 6.45. The van der Waals surface area contributed by atoms with Crippen molar-refractivity contribution in [2.45, 2.75) is 26.3 Å². The molecule has 0 aliphatic heterocycles. The number of hydrogen-bond acceptors (Lipinski definition) is 3. The van der Waals surface area contributed by atoms with E-state index in [2.05, 4.69) is 23.5 Å². The van der Waals surface area contributed by atoms with E-state index < -0.39 is 0 Å². The van der Waals surface area contributed by atoms with E-state index >= 15 is 0 Å². The van der Waals surface area contributed by atoms with Gasteiger partial charge in [0.15, 0.2) is 5.78 Å². The summed E-state index contributed by atoms with van der Waals surface area (Å²) >= 11 is 0. The van der Waals surface area contributed by atoms with Crippen LogP contribution in [0.5, 0.6) is 5.75 Å². The Labute approximate surface area is 159 Å². The van der Waals surface area contributed by atoms with Gasteiger partial charge in [-0.25, -0.2) is 0 Å². The fourth-order valence-electron chi connectivity index (χ4n) is 2.94. The molecular formula is C23H23NO3. The molecule has 4 nitrogen and oxygen atoms in total. The molecule has 0 heterocycles. The third-order valence-corrected chi connectivity index (χ3v) is 4.43. The van der Waals surface area contributed by atoms with Gasteiger partial charge in [-0.2, -0.15) is 0 Å². The van der Waals surface area contributed by atoms with Gasteiger partial charge in [-0.15, -0.1) is 0 Å². The molecule has 138 valence electrons. The Bertz CT molecular complexity index is 927. The molecule has 0 fully saturated rings. The summed E-state index contributed by atoms with van der Waals surface area (Å²) in [6.45, 7) is 2.52. The lowest BCUT2D eigenvalue weighted by molar-refractivity contribution is -0.121. The molecule has 0 atom stereocenters. The normalized spacial score (nSPS) is 10.6. The lowest BCUT2D eigenvalue weighted by Gasteiger charge is -2.09. The summed E-state index contributed by atoms with van der Waals surface area (Å²) in [4.78, 5) is 23.3. The number of nitrogens with one attached hydrogen (secondary N) is 1. The van der Waals surface area contributed by atoms with Crippen LogP contribution in [0.1, 0.15) is 35.7 Å². The minimum Gasteiger partial charge on any atom is -0.494 e. The lowest BCUT2D eigenvalue weighted by Crippen LogP contribution is -2.23. The van der Waals surface area contributed by atoms with Crippen LogP contribution in [0.3, 0.4) is 0 Å². The van der Waals surface area contributed by atoms with Crippen LogP contribution in [0.2, 0.25) is 0 Å². The first-order valence-corrected chi connectivity index (χ1v) is 9.10. The van der Waals surface area contributed by atoms with E-state index in [9.17, 15) is 9.59 Å². The number of fused-ring (bicyclic) bond motifs is 1. The minimum atomic E-state index is 0.0125. The van der Waals surface area contributed by atoms with Crippen LogP contribution in [0.25, 0.3) is 10.8 Å². The number of benzene rings is 3. The van der Waals surface area contributed by atoms with Crippen LogP contribution in [0.4, 0.5) is 0 Å². The maximum atomic E-state index is 12.1. The second kappa shape index (κ2) is 8.99. The van der Waals surface area contributed by atoms with Crippen LogP contribution >= 0.6 is 0 Å². The fourth-order valence-corrected chi connectivity index (χ4v) is 2.94. The first-order valence-electron chi connectivity index (χ1n) is 9.10. The Hall–Kier alpha value is -3.14. The Kier molecular flexibility index (Phi) is 6.21. The summed E-state index contributed by atoms with van der Waals surface area (Å²) in [7, 11) is 0. The van der Waals surface area contributed by atoms with Crippen molar-refractivity contribution in [1.82, 2.24) is 5.32 Å². The number of ether oxygens (including phenoxy) is 1. The zero-order valence-electron chi connectivity index (χ0n) is 15.4. The van der Waals surface area contributed by atoms with Crippen molar-refractivity contribution in [3.8, 4) is 5.75 Å². The Morgan fingerprint density at radius 1 is 0.926 bits per heavy atom. The van der Waals surface area contributed by atoms with Crippen LogP contribution < -0.4 is 10.1 Å². The molecule has 0 aliphatic rings. The molecule has 0 radical (unpaired) electrons. The van der Waals surface area contributed by atoms with E-state index in [0.29, 0.717) is 37.3 Å². The number of hydrogen-bond donors (Lipinski definition) is 1. The standard InChI is InChI=1S/C23H23NO3/c1-17(25)18-11-13-21(14-12-18)27-15-5-10-23(26)24-16-20-8-4-7-19-6-2-3-9-22(19)20/h2-4,6-9,11-14H,5,10,15-16H2,1H3,(H,24,26). The van der Waals surface area contributed by atoms with Gasteiger partial charge in [0, 0.05) is 18.5 Å². The molecule has 3 aromatic carbocycles. The molecule has 0 aromatic heterocycles. The molecular weight excluding hydrogens is 338 g/mol. The maximum Gasteiger partial charge on any atom is 0.220 e. The Balaban J connectivity index is 1.41. The number of amides is 1. The fraction of sp³-hybridized carbons (Fsp3) is 0.217. The van der Waals surface area contributed by atoms with Crippen molar-refractivity contribution in [2.75, 3.05) is 6.61 Å². The van der Waals surface area contributed by atoms with E-state index in [1.165, 1.54) is 12.3 Å². The van der Waals surface area contributed by atoms with Crippen molar-refractivity contribution in [1.29, 1.82) is 0 Å². The summed E-state index contributed by atoms with van der Waals surface area (Å²) in [6.07, 6.45) is 1.05. The first-order chi connectivity index (χ1) is 13.1. The average molecular weight is 361 g/mol. The van der Waals surface area contributed by atoms with Crippen molar-refractivity contribution in [2.24, 2.45) is 0 Å². The molecule has 1 amide bonds. The number of rotatable bonds is 8. The summed E-state index contributed by atoms with van der Waals surface area (Å²) in [5.41, 5.74) is 1.78. The van der Waals surface area contributed by atoms with Crippen LogP contribution in [-0.4, -0.2) is 18.3 Å². The largest absolute Gasteiger partial charge is 0.494 e. The number of Topliss-reactive ketones (excluding diaryl/α,β-unsaturated/α-hetero) is 1. The highest BCUT2D eigenvalue weighted by Crippen LogP contribution is 2.18. The smallest absolute Gasteiger partial charge is 0.220 e. The summed E-state index contributed by atoms with van der Waals surface area (Å²) in [5, 5.41) is 5.32. The predicted molar refractivity (Wildman–Crippen MR) is 107 cm³/mol. The van der Waals surface area contributed by atoms with Crippen molar-refractivity contribution < 1.29 is 14.3 Å². The first kappa shape index (κ1) is 18.6. The van der Waals surface area contributed by atoms with E-state index in [1.807, 2.05) is 24.3 Å². The molecule has 3 aromatic rings. The van der Waals surface area contributed by atoms with Gasteiger partial charge in [0.25, 0.3) is 0 Å². The average Bonchev–Trinajstić information content (AvgIpc) is 2.70. The molecule has 4 heteroatoms. The van der Waals surface area contributed by atoms with Gasteiger partial charge in [-0.3, -0.25) is 9.59 Å². The van der Waals surface area contributed by atoms with E-state index in [0.717, 1.165) is 10.9 Å². The van der Waals surface area contributed by atoms with E-state index in [4.69, 9.17) is 4.74 Å². The third-order valence-electron chi connectivity index (χ3n) is 4.43.